The molecule has 5 aromatic rings. The van der Waals surface area contributed by atoms with Gasteiger partial charge < -0.3 is 23.1 Å². The van der Waals surface area contributed by atoms with E-state index >= 15 is 0 Å². The molecule has 0 saturated heterocycles. The van der Waals surface area contributed by atoms with Crippen molar-refractivity contribution in [3.8, 4) is 5.75 Å². The molecule has 0 aliphatic carbocycles. The zero-order valence-corrected chi connectivity index (χ0v) is 33.3. The maximum Gasteiger partial charge on any atom is 0.388 e. The topological polar surface area (TPSA) is 131 Å². The summed E-state index contributed by atoms with van der Waals surface area (Å²) < 4.78 is 57.1. The van der Waals surface area contributed by atoms with Crippen molar-refractivity contribution in [3.05, 3.63) is 136 Å². The van der Waals surface area contributed by atoms with E-state index in [1.807, 2.05) is 103 Å². The monoisotopic (exact) mass is 782 g/mol. The summed E-state index contributed by atoms with van der Waals surface area (Å²) in [5.74, 6) is 0.0975. The van der Waals surface area contributed by atoms with Crippen LogP contribution in [0.2, 0.25) is 0 Å². The van der Waals surface area contributed by atoms with Gasteiger partial charge in [0.05, 0.1) is 32.3 Å². The van der Waals surface area contributed by atoms with Gasteiger partial charge in [0.1, 0.15) is 17.9 Å². The summed E-state index contributed by atoms with van der Waals surface area (Å²) in [7, 11) is -2.46. The second-order valence-electron chi connectivity index (χ2n) is 13.8. The molecule has 13 heteroatoms. The van der Waals surface area contributed by atoms with Crippen molar-refractivity contribution in [2.75, 3.05) is 26.9 Å². The average molecular weight is 783 g/mol. The SMILES string of the molecule is CCOC(=O)CC(c1ccc(C)c(CN2CC=C(OCc3ccccc3)OS2(=O)=O)c1)c1ccc2c(nnn2CCCCCOCc2ccc(OC)cc2)c1C. The molecular formula is C43H50N4O8S. The summed E-state index contributed by atoms with van der Waals surface area (Å²) in [5.41, 5.74) is 8.14. The number of methoxy groups -OCH3 is 1. The fourth-order valence-corrected chi connectivity index (χ4v) is 7.74. The molecule has 0 N–H and O–H groups in total. The smallest absolute Gasteiger partial charge is 0.388 e. The number of ether oxygens (including phenoxy) is 4. The van der Waals surface area contributed by atoms with E-state index in [-0.39, 0.29) is 50.6 Å². The zero-order chi connectivity index (χ0) is 39.5. The summed E-state index contributed by atoms with van der Waals surface area (Å²) in [6, 6.07) is 27.3. The molecule has 56 heavy (non-hydrogen) atoms. The lowest BCUT2D eigenvalue weighted by atomic mass is 9.84. The Labute approximate surface area is 329 Å². The summed E-state index contributed by atoms with van der Waals surface area (Å²) in [5, 5.41) is 9.06. The molecule has 12 nitrogen and oxygen atoms in total. The van der Waals surface area contributed by atoms with Gasteiger partial charge in [-0.05, 0) is 97.2 Å². The number of benzene rings is 4. The third-order valence-corrected chi connectivity index (χ3v) is 11.2. The van der Waals surface area contributed by atoms with Crippen LogP contribution < -0.4 is 4.74 Å². The van der Waals surface area contributed by atoms with Crippen molar-refractivity contribution in [1.82, 2.24) is 19.3 Å². The first-order valence-corrected chi connectivity index (χ1v) is 20.4. The molecule has 1 aliphatic rings. The van der Waals surface area contributed by atoms with Crippen LogP contribution in [0.1, 0.15) is 77.5 Å². The molecule has 2 heterocycles. The summed E-state index contributed by atoms with van der Waals surface area (Å²) in [6.07, 6.45) is 4.59. The molecule has 0 fully saturated rings. The standard InChI is InChI=1S/C43H50N4O8S/c1-5-53-41(48)27-39(35-17-14-31(2)36(26-35)28-46-24-22-42(55-56(46,49)50)54-30-33-12-8-6-9-13-33)38-20-21-40-43(32(38)3)44-45-47(40)23-10-7-11-25-52-29-34-15-18-37(51-4)19-16-34/h6,8-9,12-22,26,39H,5,7,10-11,23-25,27-30H2,1-4H3. The van der Waals surface area contributed by atoms with E-state index in [2.05, 4.69) is 10.3 Å². The Kier molecular flexibility index (Phi) is 13.8. The minimum atomic E-state index is -4.12. The fourth-order valence-electron chi connectivity index (χ4n) is 6.76. The van der Waals surface area contributed by atoms with Gasteiger partial charge in [0.2, 0.25) is 0 Å². The molecule has 0 saturated carbocycles. The molecule has 1 unspecified atom stereocenters. The predicted octanol–water partition coefficient (Wildman–Crippen LogP) is 7.66. The van der Waals surface area contributed by atoms with Crippen LogP contribution in [0.5, 0.6) is 5.75 Å². The Morgan fingerprint density at radius 2 is 1.71 bits per heavy atom. The first-order valence-electron chi connectivity index (χ1n) is 19.0. The van der Waals surface area contributed by atoms with Crippen molar-refractivity contribution in [2.45, 2.75) is 78.7 Å². The zero-order valence-electron chi connectivity index (χ0n) is 32.5. The highest BCUT2D eigenvalue weighted by atomic mass is 32.2. The number of hydrogen-bond acceptors (Lipinski definition) is 10. The fraction of sp³-hybridized carbons (Fsp3) is 0.372. The summed E-state index contributed by atoms with van der Waals surface area (Å²) in [6.45, 7) is 8.33. The number of nitrogens with zero attached hydrogens (tertiary/aromatic N) is 4. The number of carbonyl (C=O) groups excluding carboxylic acids is 1. The predicted molar refractivity (Wildman–Crippen MR) is 213 cm³/mol. The first kappa shape index (κ1) is 40.4. The van der Waals surface area contributed by atoms with Crippen LogP contribution in [-0.4, -0.2) is 60.6 Å². The van der Waals surface area contributed by atoms with E-state index in [0.29, 0.717) is 13.2 Å². The molecule has 1 aromatic heterocycles. The minimum Gasteiger partial charge on any atom is -0.497 e. The van der Waals surface area contributed by atoms with E-state index < -0.39 is 10.3 Å². The molecule has 0 radical (unpaired) electrons. The van der Waals surface area contributed by atoms with Gasteiger partial charge in [0, 0.05) is 38.2 Å². The van der Waals surface area contributed by atoms with E-state index in [1.165, 1.54) is 4.31 Å². The molecule has 1 atom stereocenters. The van der Waals surface area contributed by atoms with Crippen molar-refractivity contribution >= 4 is 27.3 Å². The van der Waals surface area contributed by atoms with Crippen LogP contribution in [0.15, 0.2) is 97.0 Å². The van der Waals surface area contributed by atoms with Crippen LogP contribution in [0.4, 0.5) is 0 Å². The number of esters is 1. The molecule has 1 aliphatic heterocycles. The lowest BCUT2D eigenvalue weighted by Gasteiger charge is -2.26. The van der Waals surface area contributed by atoms with Crippen molar-refractivity contribution in [3.63, 3.8) is 0 Å². The Bertz CT molecular complexity index is 2220. The Balaban J connectivity index is 1.12. The van der Waals surface area contributed by atoms with Crippen LogP contribution in [0.3, 0.4) is 0 Å². The summed E-state index contributed by atoms with van der Waals surface area (Å²) in [4.78, 5) is 13.0. The van der Waals surface area contributed by atoms with Crippen molar-refractivity contribution < 1.29 is 36.3 Å². The van der Waals surface area contributed by atoms with Crippen LogP contribution in [-0.2, 0) is 59.8 Å². The number of rotatable bonds is 19. The quantitative estimate of drug-likeness (QED) is 0.0608. The molecule has 0 amide bonds. The third-order valence-electron chi connectivity index (χ3n) is 9.93. The van der Waals surface area contributed by atoms with E-state index in [0.717, 1.165) is 81.5 Å². The van der Waals surface area contributed by atoms with Gasteiger partial charge in [-0.3, -0.25) is 4.79 Å². The van der Waals surface area contributed by atoms with E-state index in [9.17, 15) is 13.2 Å². The lowest BCUT2D eigenvalue weighted by Crippen LogP contribution is -2.36. The van der Waals surface area contributed by atoms with E-state index in [1.54, 1.807) is 20.1 Å². The van der Waals surface area contributed by atoms with Crippen molar-refractivity contribution in [2.24, 2.45) is 0 Å². The lowest BCUT2D eigenvalue weighted by molar-refractivity contribution is -0.143. The number of hydrogen-bond donors (Lipinski definition) is 0. The molecule has 6 rings (SSSR count). The normalized spacial score (nSPS) is 14.5. The first-order chi connectivity index (χ1) is 27.1. The Morgan fingerprint density at radius 1 is 0.929 bits per heavy atom. The largest absolute Gasteiger partial charge is 0.497 e. The molecule has 4 aromatic carbocycles. The number of fused-ring (bicyclic) bond motifs is 1. The van der Waals surface area contributed by atoms with Gasteiger partial charge in [-0.15, -0.1) is 5.10 Å². The number of carbonyl (C=O) groups is 1. The van der Waals surface area contributed by atoms with Crippen LogP contribution >= 0.6 is 0 Å². The van der Waals surface area contributed by atoms with Crippen LogP contribution in [0.25, 0.3) is 11.0 Å². The maximum absolute atomic E-state index is 13.2. The Morgan fingerprint density at radius 3 is 2.46 bits per heavy atom. The van der Waals surface area contributed by atoms with Crippen molar-refractivity contribution in [1.29, 1.82) is 0 Å². The number of unbranched alkanes of at least 4 members (excludes halogenated alkanes) is 2. The molecule has 296 valence electrons. The van der Waals surface area contributed by atoms with Gasteiger partial charge in [-0.25, -0.2) is 4.68 Å². The number of aromatic nitrogens is 3. The molecular weight excluding hydrogens is 733 g/mol. The maximum atomic E-state index is 13.2. The van der Waals surface area contributed by atoms with Crippen LogP contribution in [0, 0.1) is 13.8 Å². The van der Waals surface area contributed by atoms with Gasteiger partial charge in [0.15, 0.2) is 0 Å². The summed E-state index contributed by atoms with van der Waals surface area (Å²) >= 11 is 0. The second-order valence-corrected chi connectivity index (χ2v) is 15.3. The van der Waals surface area contributed by atoms with Gasteiger partial charge in [-0.2, -0.15) is 12.7 Å². The van der Waals surface area contributed by atoms with E-state index in [4.69, 9.17) is 23.1 Å². The Hall–Kier alpha value is -5.24. The minimum absolute atomic E-state index is 0.0424. The average Bonchev–Trinajstić information content (AvgIpc) is 3.62. The second kappa shape index (κ2) is 19.1. The van der Waals surface area contributed by atoms with Gasteiger partial charge in [-0.1, -0.05) is 71.9 Å². The van der Waals surface area contributed by atoms with Gasteiger partial charge in [0.25, 0.3) is 5.95 Å². The van der Waals surface area contributed by atoms with Gasteiger partial charge >= 0.3 is 16.3 Å². The molecule has 0 bridgehead atoms. The highest BCUT2D eigenvalue weighted by molar-refractivity contribution is 7.84. The third kappa shape index (κ3) is 10.3. The molecule has 0 spiro atoms. The highest BCUT2D eigenvalue weighted by Crippen LogP contribution is 2.35. The number of aryl methyl sites for hydroxylation is 3. The highest BCUT2D eigenvalue weighted by Gasteiger charge is 2.31.